The number of rotatable bonds is 5. The van der Waals surface area contributed by atoms with Crippen molar-refractivity contribution in [3.63, 3.8) is 0 Å². The van der Waals surface area contributed by atoms with Crippen LogP contribution in [0.5, 0.6) is 28.7 Å². The number of aryl methyl sites for hydroxylation is 1. The maximum absolute atomic E-state index is 13.5. The number of hydrogen-bond acceptors (Lipinski definition) is 15. The minimum absolute atomic E-state index is 0.0249. The average molecular weight is 1820 g/mol. The standard InChI is InChI=1S/C21H24F3N3O.C21H27N3O.C20H23Cl2N3O.C20H23F2N3O.C20H24FN3O/c1-19(2,3)13-9-14(20(4,5)6)18(28)17(11-13)27-25-15-8-7-12(21(22,23)24)10-16(15)26-27;1-13-8-9-16-17(10-13)23-24(22-16)18-12-14(20(2,3)4)11-15(19(18)25)21(5,6)7;2*1-19(2,3)11-7-12(20(4,5)6)18(26)17(8-11)25-23-15-9-13(21)14(22)10-16(15)24-25;1-19(2,3)12-9-14(20(4,5)6)18(25)17(10-12)24-22-15-8-7-13(21)11-16(15)23-24/h7-11,28H,1-6H3;8-12,25H,1-7H3;2*7-10,26H,1-6H3;7-11,25H,1-6H3. The van der Waals surface area contributed by atoms with Crippen LogP contribution in [0, 0.1) is 24.4 Å². The van der Waals surface area contributed by atoms with Gasteiger partial charge in [0.15, 0.2) is 11.6 Å². The Morgan fingerprint density at radius 1 is 0.231 bits per heavy atom. The summed E-state index contributed by atoms with van der Waals surface area (Å²) < 4.78 is 79.3. The van der Waals surface area contributed by atoms with Crippen molar-refractivity contribution in [3.8, 4) is 57.2 Å². The number of aromatic hydroxyl groups is 5. The van der Waals surface area contributed by atoms with Crippen molar-refractivity contribution in [1.82, 2.24) is 75.0 Å². The Hall–Kier alpha value is -11.6. The van der Waals surface area contributed by atoms with E-state index < -0.39 is 23.4 Å². The lowest BCUT2D eigenvalue weighted by Gasteiger charge is -2.27. The van der Waals surface area contributed by atoms with Crippen LogP contribution in [0.25, 0.3) is 83.6 Å². The third kappa shape index (κ3) is 22.0. The third-order valence-electron chi connectivity index (χ3n) is 22.3. The fraction of sp³-hybridized carbons (Fsp3) is 0.412. The van der Waals surface area contributed by atoms with E-state index >= 15 is 0 Å². The van der Waals surface area contributed by atoms with Crippen LogP contribution in [0.3, 0.4) is 0 Å². The van der Waals surface area contributed by atoms with Crippen molar-refractivity contribution in [2.45, 2.75) is 275 Å². The summed E-state index contributed by atoms with van der Waals surface area (Å²) in [5.74, 6) is -1.65. The molecular weight excluding hydrogens is 1700 g/mol. The molecule has 15 aromatic rings. The zero-order valence-electron chi connectivity index (χ0n) is 80.2. The van der Waals surface area contributed by atoms with Crippen molar-refractivity contribution >= 4 is 78.4 Å². The fourth-order valence-corrected chi connectivity index (χ4v) is 14.6. The maximum Gasteiger partial charge on any atom is 0.416 e. The number of aromatic nitrogens is 15. The smallest absolute Gasteiger partial charge is 0.416 e. The number of phenols is 5. The van der Waals surface area contributed by atoms with Crippen molar-refractivity contribution in [3.05, 3.63) is 234 Å². The van der Waals surface area contributed by atoms with Gasteiger partial charge in [0.25, 0.3) is 0 Å². The molecular formula is C102H121Cl2F6N15O5. The monoisotopic (exact) mass is 1820 g/mol. The minimum Gasteiger partial charge on any atom is -0.505 e. The first-order valence-corrected chi connectivity index (χ1v) is 43.8. The van der Waals surface area contributed by atoms with Gasteiger partial charge < -0.3 is 25.5 Å². The Balaban J connectivity index is 0.000000157. The second-order valence-corrected chi connectivity index (χ2v) is 44.6. The first-order valence-electron chi connectivity index (χ1n) is 43.0. The average Bonchev–Trinajstić information content (AvgIpc) is 0.916. The number of nitrogens with zero attached hydrogens (tertiary/aromatic N) is 15. The molecule has 0 saturated carbocycles. The Morgan fingerprint density at radius 2 is 0.438 bits per heavy atom. The van der Waals surface area contributed by atoms with Crippen LogP contribution < -0.4 is 0 Å². The Bertz CT molecular complexity index is 6410. The van der Waals surface area contributed by atoms with Gasteiger partial charge in [0.05, 0.1) is 15.6 Å². The molecule has 28 heteroatoms. The predicted octanol–water partition coefficient (Wildman–Crippen LogP) is 26.7. The van der Waals surface area contributed by atoms with Crippen molar-refractivity contribution in [1.29, 1.82) is 0 Å². The number of benzene rings is 10. The van der Waals surface area contributed by atoms with Crippen molar-refractivity contribution in [2.75, 3.05) is 0 Å². The molecule has 0 atom stereocenters. The quantitative estimate of drug-likeness (QED) is 0.100. The summed E-state index contributed by atoms with van der Waals surface area (Å²) >= 11 is 12.2. The molecule has 0 amide bonds. The molecule has 0 saturated heterocycles. The Morgan fingerprint density at radius 3 is 0.677 bits per heavy atom. The minimum atomic E-state index is -4.45. The highest BCUT2D eigenvalue weighted by Crippen LogP contribution is 2.47. The first-order chi connectivity index (χ1) is 59.4. The van der Waals surface area contributed by atoms with Gasteiger partial charge in [-0.1, -0.05) is 267 Å². The van der Waals surface area contributed by atoms with Crippen LogP contribution in [-0.4, -0.2) is 101 Å². The molecule has 5 aromatic heterocycles. The van der Waals surface area contributed by atoms with Crippen LogP contribution in [-0.2, 0) is 60.3 Å². The summed E-state index contributed by atoms with van der Waals surface area (Å²) in [6.45, 7) is 64.4. The molecule has 10 aromatic carbocycles. The Kier molecular flexibility index (Phi) is 26.6. The number of halogens is 8. The van der Waals surface area contributed by atoms with E-state index in [0.717, 1.165) is 96.5 Å². The highest BCUT2D eigenvalue weighted by molar-refractivity contribution is 6.42. The highest BCUT2D eigenvalue weighted by Gasteiger charge is 2.35. The molecule has 0 aliphatic heterocycles. The molecule has 0 unspecified atom stereocenters. The van der Waals surface area contributed by atoms with Gasteiger partial charge in [0, 0.05) is 46.0 Å². The third-order valence-corrected chi connectivity index (χ3v) is 23.0. The molecule has 0 fully saturated rings. The summed E-state index contributed by atoms with van der Waals surface area (Å²) in [6.07, 6.45) is -4.45. The summed E-state index contributed by atoms with van der Waals surface area (Å²) in [5.41, 5.74) is 15.2. The lowest BCUT2D eigenvalue weighted by Crippen LogP contribution is -2.18. The summed E-state index contributed by atoms with van der Waals surface area (Å²) in [5, 5.41) is 99.3. The van der Waals surface area contributed by atoms with E-state index in [1.54, 1.807) is 29.1 Å². The van der Waals surface area contributed by atoms with Crippen LogP contribution in [0.4, 0.5) is 26.3 Å². The molecule has 15 rings (SSSR count). The van der Waals surface area contributed by atoms with Crippen LogP contribution in [0.2, 0.25) is 10.0 Å². The van der Waals surface area contributed by atoms with Gasteiger partial charge in [-0.2, -0.15) is 13.2 Å². The lowest BCUT2D eigenvalue weighted by molar-refractivity contribution is -0.137. The predicted molar refractivity (Wildman–Crippen MR) is 509 cm³/mol. The summed E-state index contributed by atoms with van der Waals surface area (Å²) in [6, 6.07) is 38.5. The van der Waals surface area contributed by atoms with Gasteiger partial charge >= 0.3 is 6.18 Å². The van der Waals surface area contributed by atoms with Crippen LogP contribution in [0.15, 0.2) is 140 Å². The van der Waals surface area contributed by atoms with Crippen molar-refractivity contribution in [2.24, 2.45) is 0 Å². The highest BCUT2D eigenvalue weighted by atomic mass is 35.5. The number of alkyl halides is 3. The van der Waals surface area contributed by atoms with E-state index in [1.807, 2.05) is 109 Å². The van der Waals surface area contributed by atoms with E-state index in [-0.39, 0.29) is 105 Å². The second-order valence-electron chi connectivity index (χ2n) is 43.7. The number of hydrogen-bond donors (Lipinski definition) is 5. The largest absolute Gasteiger partial charge is 0.505 e. The Labute approximate surface area is 766 Å². The van der Waals surface area contributed by atoms with E-state index in [1.165, 1.54) is 37.4 Å². The second kappa shape index (κ2) is 34.9. The zero-order valence-corrected chi connectivity index (χ0v) is 81.8. The van der Waals surface area contributed by atoms with E-state index in [0.29, 0.717) is 66.1 Å². The van der Waals surface area contributed by atoms with Gasteiger partial charge in [-0.15, -0.1) is 75.0 Å². The first kappa shape index (κ1) is 98.9. The van der Waals surface area contributed by atoms with Crippen LogP contribution >= 0.6 is 23.2 Å². The molecule has 5 heterocycles. The van der Waals surface area contributed by atoms with E-state index in [4.69, 9.17) is 23.2 Å². The molecule has 0 bridgehead atoms. The molecule has 0 spiro atoms. The summed E-state index contributed by atoms with van der Waals surface area (Å²) in [7, 11) is 0. The van der Waals surface area contributed by atoms with Gasteiger partial charge in [-0.05, 0) is 179 Å². The van der Waals surface area contributed by atoms with Crippen molar-refractivity contribution < 1.29 is 51.9 Å². The normalized spacial score (nSPS) is 12.9. The molecule has 130 heavy (non-hydrogen) atoms. The fourth-order valence-electron chi connectivity index (χ4n) is 14.2. The van der Waals surface area contributed by atoms with Gasteiger partial charge in [-0.3, -0.25) is 0 Å². The van der Waals surface area contributed by atoms with E-state index in [2.05, 4.69) is 229 Å². The van der Waals surface area contributed by atoms with Gasteiger partial charge in [-0.25, -0.2) is 13.2 Å². The van der Waals surface area contributed by atoms with Gasteiger partial charge in [0.2, 0.25) is 0 Å². The zero-order chi connectivity index (χ0) is 97.1. The summed E-state index contributed by atoms with van der Waals surface area (Å²) in [4.78, 5) is 6.86. The lowest BCUT2D eigenvalue weighted by atomic mass is 9.80. The molecule has 0 aliphatic rings. The van der Waals surface area contributed by atoms with Gasteiger partial charge in [0.1, 0.15) is 118 Å². The number of phenolic OH excluding ortho intramolecular Hbond substituents is 5. The molecule has 20 nitrogen and oxygen atoms in total. The van der Waals surface area contributed by atoms with Crippen LogP contribution in [0.1, 0.15) is 274 Å². The topological polar surface area (TPSA) is 255 Å². The molecule has 5 N–H and O–H groups in total. The molecule has 0 aliphatic carbocycles. The SMILES string of the molecule is CC(C)(C)c1cc(-n2nc3cc(Cl)c(Cl)cc3n2)c(O)c(C(C)(C)C)c1.CC(C)(C)c1cc(-n2nc3cc(F)c(F)cc3n2)c(O)c(C(C)(C)C)c1.CC(C)(C)c1cc(-n2nc3ccc(C(F)(F)F)cc3n2)c(O)c(C(C)(C)C)c1.CC(C)(C)c1cc(-n2nc3ccc(F)cc3n2)c(O)c(C(C)(C)C)c1.Cc1ccc2nn(-c3cc(C(C)(C)C)cc(C(C)(C)C)c3O)nc2c1. The number of fused-ring (bicyclic) bond motifs is 5. The van der Waals surface area contributed by atoms with E-state index in [9.17, 15) is 51.9 Å². The molecule has 690 valence electrons. The maximum atomic E-state index is 13.5. The molecule has 0 radical (unpaired) electrons.